The van der Waals surface area contributed by atoms with Crippen molar-refractivity contribution < 1.29 is 9.90 Å². The number of amides is 1. The lowest BCUT2D eigenvalue weighted by Crippen LogP contribution is -2.48. The van der Waals surface area contributed by atoms with Gasteiger partial charge in [0.1, 0.15) is 5.75 Å². The van der Waals surface area contributed by atoms with Gasteiger partial charge in [-0.3, -0.25) is 4.79 Å². The van der Waals surface area contributed by atoms with Gasteiger partial charge in [-0.05, 0) is 134 Å². The van der Waals surface area contributed by atoms with Crippen molar-refractivity contribution in [3.63, 3.8) is 0 Å². The lowest BCUT2D eigenvalue weighted by atomic mass is 9.48. The normalized spacial score (nSPS) is 32.4. The number of nitrogens with zero attached hydrogens (tertiary/aromatic N) is 2. The fourth-order valence-electron chi connectivity index (χ4n) is 8.16. The topological polar surface area (TPSA) is 52.9 Å². The van der Waals surface area contributed by atoms with Crippen molar-refractivity contribution >= 4 is 28.9 Å². The molecule has 1 N–H and O–H groups in total. The Morgan fingerprint density at radius 1 is 0.917 bits per heavy atom. The Bertz CT molecular complexity index is 1240. The van der Waals surface area contributed by atoms with Crippen molar-refractivity contribution in [2.75, 3.05) is 13.1 Å². The van der Waals surface area contributed by atoms with Crippen LogP contribution >= 0.6 is 11.8 Å². The van der Waals surface area contributed by atoms with Gasteiger partial charge in [0.2, 0.25) is 0 Å². The number of piperidine rings is 1. The summed E-state index contributed by atoms with van der Waals surface area (Å²) in [7, 11) is 0. The number of aliphatic imine (C=N–C) groups is 1. The molecular weight excluding hydrogens is 464 g/mol. The third-order valence-electron chi connectivity index (χ3n) is 9.36. The van der Waals surface area contributed by atoms with Crippen LogP contribution in [0.5, 0.6) is 5.75 Å². The van der Waals surface area contributed by atoms with Crippen molar-refractivity contribution in [3.8, 4) is 16.9 Å². The van der Waals surface area contributed by atoms with Crippen LogP contribution < -0.4 is 0 Å². The van der Waals surface area contributed by atoms with Gasteiger partial charge in [0.25, 0.3) is 5.91 Å². The molecule has 0 aromatic heterocycles. The van der Waals surface area contributed by atoms with Gasteiger partial charge in [-0.15, -0.1) is 0 Å². The van der Waals surface area contributed by atoms with E-state index in [1.165, 1.54) is 75.1 Å². The summed E-state index contributed by atoms with van der Waals surface area (Å²) in [6, 6.07) is 14.6. The molecule has 1 amide bonds. The first kappa shape index (κ1) is 22.7. The van der Waals surface area contributed by atoms with Crippen LogP contribution in [0, 0.1) is 17.8 Å². The number of hydrogen-bond donors (Lipinski definition) is 1. The van der Waals surface area contributed by atoms with Gasteiger partial charge in [0.15, 0.2) is 5.17 Å². The summed E-state index contributed by atoms with van der Waals surface area (Å²) in [6.07, 6.45) is 13.5. The minimum Gasteiger partial charge on any atom is -0.508 e. The summed E-state index contributed by atoms with van der Waals surface area (Å²) in [5.41, 5.74) is 4.62. The summed E-state index contributed by atoms with van der Waals surface area (Å²) in [6.45, 7) is 1.99. The van der Waals surface area contributed by atoms with Gasteiger partial charge < -0.3 is 10.0 Å². The molecule has 2 aliphatic heterocycles. The van der Waals surface area contributed by atoms with E-state index >= 15 is 0 Å². The quantitative estimate of drug-likeness (QED) is 0.464. The number of aromatic hydroxyl groups is 1. The van der Waals surface area contributed by atoms with Crippen LogP contribution in [0.4, 0.5) is 0 Å². The summed E-state index contributed by atoms with van der Waals surface area (Å²) in [5, 5.41) is 11.8. The number of likely N-dealkylation sites (tertiary alicyclic amines) is 1. The predicted octanol–water partition coefficient (Wildman–Crippen LogP) is 6.98. The van der Waals surface area contributed by atoms with Gasteiger partial charge in [0.05, 0.1) is 4.91 Å². The molecule has 0 atom stereocenters. The van der Waals surface area contributed by atoms with Gasteiger partial charge in [-0.25, -0.2) is 0 Å². The van der Waals surface area contributed by atoms with Crippen molar-refractivity contribution in [1.29, 1.82) is 0 Å². The van der Waals surface area contributed by atoms with E-state index in [2.05, 4.69) is 40.2 Å². The van der Waals surface area contributed by atoms with Crippen LogP contribution in [-0.4, -0.2) is 34.2 Å². The van der Waals surface area contributed by atoms with Gasteiger partial charge in [-0.2, -0.15) is 4.99 Å². The smallest absolute Gasteiger partial charge is 0.286 e. The number of hydrogen-bond acceptors (Lipinski definition) is 4. The Balaban J connectivity index is 1.16. The number of benzene rings is 2. The first-order chi connectivity index (χ1) is 17.5. The van der Waals surface area contributed by atoms with Gasteiger partial charge >= 0.3 is 0 Å². The molecule has 5 heteroatoms. The average molecular weight is 499 g/mol. The summed E-state index contributed by atoms with van der Waals surface area (Å²) in [4.78, 5) is 20.0. The van der Waals surface area contributed by atoms with E-state index in [-0.39, 0.29) is 11.3 Å². The van der Waals surface area contributed by atoms with E-state index < -0.39 is 0 Å². The fraction of sp³-hybridized carbons (Fsp3) is 0.484. The second-order valence-electron chi connectivity index (χ2n) is 11.9. The monoisotopic (exact) mass is 498 g/mol. The van der Waals surface area contributed by atoms with Gasteiger partial charge in [-0.1, -0.05) is 24.3 Å². The molecular formula is C31H34N2O2S. The Labute approximate surface area is 217 Å². The van der Waals surface area contributed by atoms with E-state index in [1.54, 1.807) is 0 Å². The molecule has 36 heavy (non-hydrogen) atoms. The molecule has 186 valence electrons. The van der Waals surface area contributed by atoms with Crippen molar-refractivity contribution in [2.45, 2.75) is 63.2 Å². The Hall–Kier alpha value is -2.53. The molecule has 0 unspecified atom stereocenters. The highest BCUT2D eigenvalue weighted by molar-refractivity contribution is 8.18. The van der Waals surface area contributed by atoms with Crippen LogP contribution in [0.25, 0.3) is 17.2 Å². The average Bonchev–Trinajstić information content (AvgIpc) is 3.24. The second-order valence-corrected chi connectivity index (χ2v) is 12.9. The zero-order valence-electron chi connectivity index (χ0n) is 20.8. The molecule has 0 radical (unpaired) electrons. The van der Waals surface area contributed by atoms with Crippen molar-refractivity contribution in [2.24, 2.45) is 22.7 Å². The maximum Gasteiger partial charge on any atom is 0.286 e. The Kier molecular flexibility index (Phi) is 5.53. The molecule has 5 fully saturated rings. The zero-order chi connectivity index (χ0) is 24.3. The first-order valence-electron chi connectivity index (χ1n) is 13.8. The van der Waals surface area contributed by atoms with Crippen LogP contribution in [-0.2, 0) is 10.2 Å². The minimum atomic E-state index is -0.125. The molecule has 6 aliphatic rings. The number of phenols is 1. The van der Waals surface area contributed by atoms with E-state index in [4.69, 9.17) is 0 Å². The fourth-order valence-corrected chi connectivity index (χ4v) is 9.12. The van der Waals surface area contributed by atoms with Gasteiger partial charge in [0, 0.05) is 18.7 Å². The lowest BCUT2D eigenvalue weighted by Gasteiger charge is -2.57. The standard InChI is InChI=1S/C31H34N2O2S/c34-27-8-7-25(16-26(27)31-17-21-11-22(18-31)13-23(12-21)19-31)24-6-4-5-20(14-24)15-28-29(35)32-30(36-28)33-9-2-1-3-10-33/h4-8,14-16,21-23,34H,1-3,9-13,17-19H2. The maximum atomic E-state index is 12.6. The highest BCUT2D eigenvalue weighted by Gasteiger charge is 2.52. The summed E-state index contributed by atoms with van der Waals surface area (Å²) < 4.78 is 0. The molecule has 2 aromatic carbocycles. The highest BCUT2D eigenvalue weighted by atomic mass is 32.2. The van der Waals surface area contributed by atoms with Crippen molar-refractivity contribution in [3.05, 3.63) is 58.5 Å². The van der Waals surface area contributed by atoms with Crippen molar-refractivity contribution in [1.82, 2.24) is 4.90 Å². The number of phenolic OH excluding ortho intramolecular Hbond substituents is 1. The molecule has 0 spiro atoms. The lowest BCUT2D eigenvalue weighted by molar-refractivity contribution is -0.113. The molecule has 1 saturated heterocycles. The number of carbonyl (C=O) groups excluding carboxylic acids is 1. The molecule has 4 bridgehead atoms. The van der Waals surface area contributed by atoms with E-state index in [1.807, 2.05) is 18.2 Å². The third kappa shape index (κ3) is 4.00. The summed E-state index contributed by atoms with van der Waals surface area (Å²) in [5.74, 6) is 2.86. The van der Waals surface area contributed by atoms with Crippen LogP contribution in [0.15, 0.2) is 52.4 Å². The first-order valence-corrected chi connectivity index (χ1v) is 14.6. The molecule has 4 nitrogen and oxygen atoms in total. The largest absolute Gasteiger partial charge is 0.508 e. The number of amidine groups is 1. The number of thioether (sulfide) groups is 1. The number of carbonyl (C=O) groups is 1. The summed E-state index contributed by atoms with van der Waals surface area (Å²) >= 11 is 1.51. The maximum absolute atomic E-state index is 12.6. The SMILES string of the molecule is O=C1N=C(N2CCCCC2)SC1=Cc1cccc(-c2ccc(O)c(C34CC5CC(CC(C5)C3)C4)c2)c1. The molecule has 8 rings (SSSR count). The third-order valence-corrected chi connectivity index (χ3v) is 10.4. The highest BCUT2D eigenvalue weighted by Crippen LogP contribution is 2.62. The van der Waals surface area contributed by atoms with E-state index in [0.717, 1.165) is 52.7 Å². The zero-order valence-corrected chi connectivity index (χ0v) is 21.6. The molecule has 2 heterocycles. The molecule has 2 aromatic rings. The predicted molar refractivity (Wildman–Crippen MR) is 147 cm³/mol. The minimum absolute atomic E-state index is 0.125. The van der Waals surface area contributed by atoms with Crippen LogP contribution in [0.2, 0.25) is 0 Å². The van der Waals surface area contributed by atoms with E-state index in [0.29, 0.717) is 10.7 Å². The Morgan fingerprint density at radius 3 is 2.33 bits per heavy atom. The van der Waals surface area contributed by atoms with Crippen LogP contribution in [0.1, 0.15) is 68.9 Å². The van der Waals surface area contributed by atoms with Crippen LogP contribution in [0.3, 0.4) is 0 Å². The van der Waals surface area contributed by atoms with E-state index in [9.17, 15) is 9.90 Å². The second kappa shape index (κ2) is 8.79. The molecule has 4 saturated carbocycles. The molecule has 4 aliphatic carbocycles. The number of rotatable bonds is 3. The Morgan fingerprint density at radius 2 is 1.61 bits per heavy atom.